The van der Waals surface area contributed by atoms with Gasteiger partial charge in [0.2, 0.25) is 5.91 Å². The number of nitrogens with zero attached hydrogens (tertiary/aromatic N) is 1. The maximum Gasteiger partial charge on any atom is 0.220 e. The molecule has 1 aliphatic rings. The van der Waals surface area contributed by atoms with Crippen molar-refractivity contribution in [2.24, 2.45) is 17.6 Å². The molecule has 14 heavy (non-hydrogen) atoms. The number of amides is 1. The highest BCUT2D eigenvalue weighted by atomic mass is 16.1. The lowest BCUT2D eigenvalue weighted by Crippen LogP contribution is -2.38. The minimum Gasteiger partial charge on any atom is -0.375 e. The Kier molecular flexibility index (Phi) is 3.55. The summed E-state index contributed by atoms with van der Waals surface area (Å²) in [6.07, 6.45) is 1.75. The maximum atomic E-state index is 10.9. The van der Waals surface area contributed by atoms with E-state index in [-0.39, 0.29) is 11.8 Å². The number of carbonyl (C=O) groups is 1. The van der Waals surface area contributed by atoms with Crippen LogP contribution in [0.25, 0.3) is 0 Å². The molecule has 0 atom stereocenters. The molecule has 1 rings (SSSR count). The van der Waals surface area contributed by atoms with Crippen molar-refractivity contribution in [1.82, 2.24) is 4.90 Å². The van der Waals surface area contributed by atoms with Crippen molar-refractivity contribution in [3.05, 3.63) is 12.3 Å². The number of hydrogen-bond donors (Lipinski definition) is 1. The third kappa shape index (κ3) is 2.50. The molecule has 1 amide bonds. The highest BCUT2D eigenvalue weighted by Crippen LogP contribution is 2.22. The molecule has 2 N–H and O–H groups in total. The Morgan fingerprint density at radius 1 is 1.43 bits per heavy atom. The van der Waals surface area contributed by atoms with Crippen LogP contribution in [0.5, 0.6) is 0 Å². The third-order valence-electron chi connectivity index (χ3n) is 2.97. The maximum absolute atomic E-state index is 10.9. The predicted octanol–water partition coefficient (Wildman–Crippen LogP) is 1.35. The van der Waals surface area contributed by atoms with Crippen molar-refractivity contribution in [2.45, 2.75) is 26.7 Å². The number of likely N-dealkylation sites (tertiary alicyclic amines) is 1. The monoisotopic (exact) mass is 196 g/mol. The van der Waals surface area contributed by atoms with Crippen LogP contribution in [0, 0.1) is 11.8 Å². The number of nitrogens with two attached hydrogens (primary N) is 1. The van der Waals surface area contributed by atoms with Crippen LogP contribution >= 0.6 is 0 Å². The average molecular weight is 196 g/mol. The molecule has 0 bridgehead atoms. The Labute approximate surface area is 86.0 Å². The minimum absolute atomic E-state index is 0.0752. The lowest BCUT2D eigenvalue weighted by molar-refractivity contribution is -0.123. The summed E-state index contributed by atoms with van der Waals surface area (Å²) in [5.41, 5.74) is 6.44. The topological polar surface area (TPSA) is 46.3 Å². The first kappa shape index (κ1) is 11.1. The van der Waals surface area contributed by atoms with Crippen molar-refractivity contribution in [2.75, 3.05) is 13.1 Å². The molecule has 0 spiro atoms. The standard InChI is InChI=1S/C11H20N2O/c1-8(2)9(3)13-6-4-10(5-7-13)11(12)14/h8,10H,3-7H2,1-2H3,(H2,12,14). The van der Waals surface area contributed by atoms with E-state index in [1.807, 2.05) is 0 Å². The van der Waals surface area contributed by atoms with Gasteiger partial charge in [-0.25, -0.2) is 0 Å². The van der Waals surface area contributed by atoms with Gasteiger partial charge < -0.3 is 10.6 Å². The molecular weight excluding hydrogens is 176 g/mol. The number of rotatable bonds is 3. The zero-order chi connectivity index (χ0) is 10.7. The van der Waals surface area contributed by atoms with Gasteiger partial charge in [0.05, 0.1) is 0 Å². The lowest BCUT2D eigenvalue weighted by Gasteiger charge is -2.35. The molecule has 1 fully saturated rings. The van der Waals surface area contributed by atoms with E-state index in [0.29, 0.717) is 5.92 Å². The molecule has 0 aromatic carbocycles. The van der Waals surface area contributed by atoms with Crippen molar-refractivity contribution >= 4 is 5.91 Å². The van der Waals surface area contributed by atoms with Gasteiger partial charge in [-0.15, -0.1) is 0 Å². The van der Waals surface area contributed by atoms with Crippen LogP contribution in [0.2, 0.25) is 0 Å². The van der Waals surface area contributed by atoms with E-state index in [9.17, 15) is 4.79 Å². The molecule has 3 nitrogen and oxygen atoms in total. The normalized spacial score (nSPS) is 18.6. The van der Waals surface area contributed by atoms with Crippen LogP contribution in [0.1, 0.15) is 26.7 Å². The van der Waals surface area contributed by atoms with E-state index >= 15 is 0 Å². The summed E-state index contributed by atoms with van der Waals surface area (Å²) < 4.78 is 0. The van der Waals surface area contributed by atoms with E-state index in [1.165, 1.54) is 5.70 Å². The zero-order valence-electron chi connectivity index (χ0n) is 9.12. The summed E-state index contributed by atoms with van der Waals surface area (Å²) in [4.78, 5) is 13.2. The molecule has 0 saturated carbocycles. The fourth-order valence-corrected chi connectivity index (χ4v) is 1.82. The van der Waals surface area contributed by atoms with Crippen molar-refractivity contribution in [3.8, 4) is 0 Å². The molecule has 0 unspecified atom stereocenters. The Bertz CT molecular complexity index is 227. The van der Waals surface area contributed by atoms with Gasteiger partial charge in [0.15, 0.2) is 0 Å². The van der Waals surface area contributed by atoms with Crippen LogP contribution in [0.15, 0.2) is 12.3 Å². The highest BCUT2D eigenvalue weighted by Gasteiger charge is 2.24. The molecule has 0 aromatic rings. The summed E-state index contributed by atoms with van der Waals surface area (Å²) in [6, 6.07) is 0. The van der Waals surface area contributed by atoms with E-state index in [4.69, 9.17) is 5.73 Å². The number of piperidine rings is 1. The quantitative estimate of drug-likeness (QED) is 0.740. The van der Waals surface area contributed by atoms with Crippen LogP contribution in [0.4, 0.5) is 0 Å². The summed E-state index contributed by atoms with van der Waals surface area (Å²) in [6.45, 7) is 10.2. The lowest BCUT2D eigenvalue weighted by atomic mass is 9.95. The summed E-state index contributed by atoms with van der Waals surface area (Å²) in [7, 11) is 0. The molecule has 0 radical (unpaired) electrons. The molecule has 0 aliphatic carbocycles. The van der Waals surface area contributed by atoms with Crippen LogP contribution in [-0.2, 0) is 4.79 Å². The summed E-state index contributed by atoms with van der Waals surface area (Å²) in [5, 5.41) is 0. The minimum atomic E-state index is -0.153. The number of hydrogen-bond acceptors (Lipinski definition) is 2. The second-order valence-corrected chi connectivity index (χ2v) is 4.31. The molecule has 0 aromatic heterocycles. The number of allylic oxidation sites excluding steroid dienone is 1. The van der Waals surface area contributed by atoms with Gasteiger partial charge in [-0.3, -0.25) is 4.79 Å². The molecule has 1 saturated heterocycles. The second kappa shape index (κ2) is 4.49. The Balaban J connectivity index is 2.43. The van der Waals surface area contributed by atoms with Crippen LogP contribution in [0.3, 0.4) is 0 Å². The van der Waals surface area contributed by atoms with E-state index in [1.54, 1.807) is 0 Å². The first-order chi connectivity index (χ1) is 6.52. The van der Waals surface area contributed by atoms with Gasteiger partial charge in [0.25, 0.3) is 0 Å². The van der Waals surface area contributed by atoms with Crippen molar-refractivity contribution < 1.29 is 4.79 Å². The molecule has 1 heterocycles. The largest absolute Gasteiger partial charge is 0.375 e. The van der Waals surface area contributed by atoms with E-state index in [2.05, 4.69) is 25.3 Å². The first-order valence-corrected chi connectivity index (χ1v) is 5.25. The number of primary amides is 1. The SMILES string of the molecule is C=C(C(C)C)N1CCC(C(N)=O)CC1. The van der Waals surface area contributed by atoms with Gasteiger partial charge in [0, 0.05) is 24.7 Å². The Morgan fingerprint density at radius 2 is 1.93 bits per heavy atom. The van der Waals surface area contributed by atoms with Crippen LogP contribution < -0.4 is 5.73 Å². The highest BCUT2D eigenvalue weighted by molar-refractivity contribution is 5.76. The fraction of sp³-hybridized carbons (Fsp3) is 0.727. The zero-order valence-corrected chi connectivity index (χ0v) is 9.12. The summed E-state index contributed by atoms with van der Waals surface area (Å²) >= 11 is 0. The van der Waals surface area contributed by atoms with Gasteiger partial charge >= 0.3 is 0 Å². The second-order valence-electron chi connectivity index (χ2n) is 4.31. The molecule has 3 heteroatoms. The molecular formula is C11H20N2O. The summed E-state index contributed by atoms with van der Waals surface area (Å²) in [5.74, 6) is 0.408. The van der Waals surface area contributed by atoms with E-state index in [0.717, 1.165) is 25.9 Å². The number of carbonyl (C=O) groups excluding carboxylic acids is 1. The van der Waals surface area contributed by atoms with Gasteiger partial charge in [-0.05, 0) is 18.8 Å². The van der Waals surface area contributed by atoms with Gasteiger partial charge in [-0.1, -0.05) is 20.4 Å². The van der Waals surface area contributed by atoms with Crippen LogP contribution in [-0.4, -0.2) is 23.9 Å². The predicted molar refractivity (Wildman–Crippen MR) is 57.5 cm³/mol. The Morgan fingerprint density at radius 3 is 2.29 bits per heavy atom. The average Bonchev–Trinajstić information content (AvgIpc) is 2.16. The van der Waals surface area contributed by atoms with E-state index < -0.39 is 0 Å². The molecule has 80 valence electrons. The third-order valence-corrected chi connectivity index (χ3v) is 2.97. The van der Waals surface area contributed by atoms with Crippen molar-refractivity contribution in [1.29, 1.82) is 0 Å². The Hall–Kier alpha value is -0.990. The smallest absolute Gasteiger partial charge is 0.220 e. The van der Waals surface area contributed by atoms with Gasteiger partial charge in [-0.2, -0.15) is 0 Å². The fourth-order valence-electron chi connectivity index (χ4n) is 1.82. The van der Waals surface area contributed by atoms with Gasteiger partial charge in [0.1, 0.15) is 0 Å². The van der Waals surface area contributed by atoms with Crippen molar-refractivity contribution in [3.63, 3.8) is 0 Å². The molecule has 1 aliphatic heterocycles. The first-order valence-electron chi connectivity index (χ1n) is 5.25.